The Morgan fingerprint density at radius 1 is 1.05 bits per heavy atom. The minimum atomic E-state index is -0.432. The number of anilines is 1. The molecule has 1 amide bonds. The number of carbonyl (C=O) groups is 2. The second-order valence-electron chi connectivity index (χ2n) is 9.26. The van der Waals surface area contributed by atoms with E-state index in [0.29, 0.717) is 35.5 Å². The Kier molecular flexibility index (Phi) is 9.39. The Balaban J connectivity index is 1.58. The summed E-state index contributed by atoms with van der Waals surface area (Å²) in [5.41, 5.74) is 1.65. The fraction of sp³-hybridized carbons (Fsp3) is 0.448. The minimum Gasteiger partial charge on any atom is -0.490 e. The van der Waals surface area contributed by atoms with Crippen LogP contribution in [0.2, 0.25) is 0 Å². The predicted molar refractivity (Wildman–Crippen MR) is 147 cm³/mol. The first-order chi connectivity index (χ1) is 18.0. The number of rotatable bonds is 10. The molecule has 1 aliphatic heterocycles. The third kappa shape index (κ3) is 6.80. The van der Waals surface area contributed by atoms with E-state index in [1.54, 1.807) is 24.8 Å². The van der Waals surface area contributed by atoms with Crippen molar-refractivity contribution in [3.05, 3.63) is 59.0 Å². The molecule has 1 aliphatic carbocycles. The van der Waals surface area contributed by atoms with Gasteiger partial charge in [-0.2, -0.15) is 0 Å². The van der Waals surface area contributed by atoms with Crippen LogP contribution >= 0.6 is 11.8 Å². The molecule has 0 bridgehead atoms. The van der Waals surface area contributed by atoms with Crippen LogP contribution in [0.5, 0.6) is 11.5 Å². The first-order valence-electron chi connectivity index (χ1n) is 13.1. The predicted octanol–water partition coefficient (Wildman–Crippen LogP) is 5.92. The zero-order chi connectivity index (χ0) is 26.2. The summed E-state index contributed by atoms with van der Waals surface area (Å²) in [5, 5.41) is 3.57. The summed E-state index contributed by atoms with van der Waals surface area (Å²) in [4.78, 5) is 28.2. The van der Waals surface area contributed by atoms with Crippen molar-refractivity contribution in [1.82, 2.24) is 4.90 Å². The fourth-order valence-corrected chi connectivity index (χ4v) is 6.07. The van der Waals surface area contributed by atoms with Crippen LogP contribution in [-0.2, 0) is 14.3 Å². The molecule has 4 rings (SSSR count). The molecule has 2 aromatic rings. The maximum Gasteiger partial charge on any atom is 0.344 e. The van der Waals surface area contributed by atoms with Crippen molar-refractivity contribution >= 4 is 35.4 Å². The highest BCUT2D eigenvalue weighted by Gasteiger charge is 2.42. The highest BCUT2D eigenvalue weighted by atomic mass is 32.2. The zero-order valence-electron chi connectivity index (χ0n) is 21.8. The molecule has 0 aromatic heterocycles. The number of nitrogens with zero attached hydrogens (tertiary/aromatic N) is 1. The van der Waals surface area contributed by atoms with E-state index in [-0.39, 0.29) is 24.1 Å². The molecule has 2 fully saturated rings. The number of amides is 1. The van der Waals surface area contributed by atoms with Crippen LogP contribution in [-0.4, -0.2) is 48.1 Å². The summed E-state index contributed by atoms with van der Waals surface area (Å²) in [6.45, 7) is 6.45. The topological polar surface area (TPSA) is 77.1 Å². The Labute approximate surface area is 223 Å². The van der Waals surface area contributed by atoms with Crippen LogP contribution in [0.15, 0.2) is 53.4 Å². The molecule has 2 aromatic carbocycles. The van der Waals surface area contributed by atoms with Crippen LogP contribution in [0.3, 0.4) is 0 Å². The van der Waals surface area contributed by atoms with Crippen molar-refractivity contribution in [1.29, 1.82) is 0 Å². The molecule has 0 radical (unpaired) electrons. The van der Waals surface area contributed by atoms with E-state index in [0.717, 1.165) is 30.5 Å². The van der Waals surface area contributed by atoms with E-state index < -0.39 is 5.97 Å². The molecule has 1 heterocycles. The van der Waals surface area contributed by atoms with Crippen molar-refractivity contribution in [3.63, 3.8) is 0 Å². The first kappa shape index (κ1) is 26.9. The maximum atomic E-state index is 13.8. The summed E-state index contributed by atoms with van der Waals surface area (Å²) in [6, 6.07) is 15.7. The standard InChI is InChI=1S/C29H36N2O5S/c1-4-34-25-17-21(15-16-24(25)36-19-27(32)35-5-2)18-26-28(33)31(23-14-10-9-11-20(23)3)29(37-26)30-22-12-7-6-8-13-22/h6-8,12-13,15-18,20,23,29-30H,4-5,9-11,14,19H2,1-3H3/b26-18-/t20-,23+,29?/m0/s1. The molecule has 1 saturated carbocycles. The number of para-hydroxylation sites is 1. The molecular formula is C29H36N2O5S. The quantitative estimate of drug-likeness (QED) is 0.305. The smallest absolute Gasteiger partial charge is 0.344 e. The molecular weight excluding hydrogens is 488 g/mol. The van der Waals surface area contributed by atoms with E-state index in [4.69, 9.17) is 14.2 Å². The van der Waals surface area contributed by atoms with E-state index in [2.05, 4.69) is 12.2 Å². The molecule has 3 atom stereocenters. The Bertz CT molecular complexity index is 1110. The molecule has 198 valence electrons. The van der Waals surface area contributed by atoms with Crippen LogP contribution in [0.1, 0.15) is 52.0 Å². The SMILES string of the molecule is CCOC(=O)COc1ccc(/C=C2\SC(Nc3ccccc3)N([C@@H]3CCCC[C@@H]3C)C2=O)cc1OCC. The Morgan fingerprint density at radius 3 is 2.57 bits per heavy atom. The zero-order valence-corrected chi connectivity index (χ0v) is 22.6. The number of esters is 1. The van der Waals surface area contributed by atoms with Crippen molar-refractivity contribution in [3.8, 4) is 11.5 Å². The molecule has 1 unspecified atom stereocenters. The average Bonchev–Trinajstić information content (AvgIpc) is 3.19. The van der Waals surface area contributed by atoms with Crippen LogP contribution in [0.4, 0.5) is 5.69 Å². The highest BCUT2D eigenvalue weighted by Crippen LogP contribution is 2.42. The van der Waals surface area contributed by atoms with E-state index in [9.17, 15) is 9.59 Å². The molecule has 1 saturated heterocycles. The van der Waals surface area contributed by atoms with Gasteiger partial charge in [-0.25, -0.2) is 4.79 Å². The van der Waals surface area contributed by atoms with Gasteiger partial charge < -0.3 is 24.4 Å². The lowest BCUT2D eigenvalue weighted by molar-refractivity contribution is -0.145. The van der Waals surface area contributed by atoms with Gasteiger partial charge in [-0.15, -0.1) is 0 Å². The monoisotopic (exact) mass is 524 g/mol. The van der Waals surface area contributed by atoms with Gasteiger partial charge in [-0.1, -0.05) is 55.8 Å². The molecule has 2 aliphatic rings. The normalized spacial score (nSPS) is 22.7. The van der Waals surface area contributed by atoms with Gasteiger partial charge in [0.25, 0.3) is 5.91 Å². The first-order valence-corrected chi connectivity index (χ1v) is 14.0. The lowest BCUT2D eigenvalue weighted by Crippen LogP contribution is -2.48. The summed E-state index contributed by atoms with van der Waals surface area (Å²) < 4.78 is 16.3. The molecule has 8 heteroatoms. The van der Waals surface area contributed by atoms with Crippen LogP contribution in [0, 0.1) is 5.92 Å². The molecule has 7 nitrogen and oxygen atoms in total. The van der Waals surface area contributed by atoms with Gasteiger partial charge in [0.15, 0.2) is 23.6 Å². The Morgan fingerprint density at radius 2 is 1.84 bits per heavy atom. The number of hydrogen-bond donors (Lipinski definition) is 1. The van der Waals surface area contributed by atoms with Crippen molar-refractivity contribution in [2.45, 2.75) is 58.0 Å². The number of carbonyl (C=O) groups excluding carboxylic acids is 2. The number of nitrogens with one attached hydrogen (secondary N) is 1. The number of hydrogen-bond acceptors (Lipinski definition) is 7. The third-order valence-corrected chi connectivity index (χ3v) is 7.75. The third-order valence-electron chi connectivity index (χ3n) is 6.64. The molecule has 37 heavy (non-hydrogen) atoms. The van der Waals surface area contributed by atoms with Crippen molar-refractivity contribution in [2.24, 2.45) is 5.92 Å². The van der Waals surface area contributed by atoms with Crippen molar-refractivity contribution in [2.75, 3.05) is 25.1 Å². The second kappa shape index (κ2) is 12.9. The largest absolute Gasteiger partial charge is 0.490 e. The van der Waals surface area contributed by atoms with Gasteiger partial charge in [0.2, 0.25) is 0 Å². The average molecular weight is 525 g/mol. The van der Waals surface area contributed by atoms with Gasteiger partial charge in [-0.05, 0) is 68.5 Å². The lowest BCUT2D eigenvalue weighted by Gasteiger charge is -2.39. The second-order valence-corrected chi connectivity index (χ2v) is 10.4. The summed E-state index contributed by atoms with van der Waals surface area (Å²) >= 11 is 1.55. The van der Waals surface area contributed by atoms with E-state index >= 15 is 0 Å². The minimum absolute atomic E-state index is 0.0535. The number of benzene rings is 2. The van der Waals surface area contributed by atoms with Gasteiger partial charge in [0.1, 0.15) is 0 Å². The summed E-state index contributed by atoms with van der Waals surface area (Å²) in [6.07, 6.45) is 6.44. The number of thioether (sulfide) groups is 1. The van der Waals surface area contributed by atoms with Gasteiger partial charge in [0.05, 0.1) is 18.1 Å². The summed E-state index contributed by atoms with van der Waals surface area (Å²) in [7, 11) is 0. The van der Waals surface area contributed by atoms with Gasteiger partial charge >= 0.3 is 5.97 Å². The molecule has 0 spiro atoms. The molecule has 1 N–H and O–H groups in total. The lowest BCUT2D eigenvalue weighted by atomic mass is 9.85. The van der Waals surface area contributed by atoms with Gasteiger partial charge in [-0.3, -0.25) is 4.79 Å². The fourth-order valence-electron chi connectivity index (χ4n) is 4.86. The number of ether oxygens (including phenoxy) is 3. The van der Waals surface area contributed by atoms with E-state index in [1.165, 1.54) is 6.42 Å². The summed E-state index contributed by atoms with van der Waals surface area (Å²) in [5.74, 6) is 1.06. The maximum absolute atomic E-state index is 13.8. The highest BCUT2D eigenvalue weighted by molar-refractivity contribution is 8.05. The van der Waals surface area contributed by atoms with Crippen molar-refractivity contribution < 1.29 is 23.8 Å². The van der Waals surface area contributed by atoms with Crippen LogP contribution < -0.4 is 14.8 Å². The van der Waals surface area contributed by atoms with Gasteiger partial charge in [0, 0.05) is 11.7 Å². The Hall–Kier alpha value is -3.13. The van der Waals surface area contributed by atoms with E-state index in [1.807, 2.05) is 60.4 Å². The van der Waals surface area contributed by atoms with Crippen LogP contribution in [0.25, 0.3) is 6.08 Å².